The Labute approximate surface area is 216 Å². The van der Waals surface area contributed by atoms with Gasteiger partial charge in [-0.25, -0.2) is 4.79 Å². The smallest absolute Gasteiger partial charge is 0.336 e. The summed E-state index contributed by atoms with van der Waals surface area (Å²) in [7, 11) is 0. The quantitative estimate of drug-likeness (QED) is 0.264. The summed E-state index contributed by atoms with van der Waals surface area (Å²) in [5.74, 6) is -2.71. The number of carbonyl (C=O) groups excluding carboxylic acids is 2. The second kappa shape index (κ2) is 10.5. The van der Waals surface area contributed by atoms with Crippen LogP contribution in [-0.2, 0) is 28.6 Å². The molecule has 2 saturated heterocycles. The number of esters is 1. The monoisotopic (exact) mass is 533 g/mol. The van der Waals surface area contributed by atoms with Crippen molar-refractivity contribution in [3.63, 3.8) is 0 Å². The molecule has 2 N–H and O–H groups in total. The molecule has 1 aromatic carbocycles. The van der Waals surface area contributed by atoms with Gasteiger partial charge in [0.2, 0.25) is 0 Å². The molecule has 3 aliphatic rings. The van der Waals surface area contributed by atoms with Gasteiger partial charge in [-0.3, -0.25) is 14.9 Å². The highest BCUT2D eigenvalue weighted by atomic mass is 17.0. The van der Waals surface area contributed by atoms with Gasteiger partial charge in [-0.2, -0.15) is 0 Å². The Morgan fingerprint density at radius 1 is 1.21 bits per heavy atom. The maximum absolute atomic E-state index is 14.1. The third-order valence-corrected chi connectivity index (χ3v) is 6.84. The standard InChI is InChI=1S/C24H27N3O11/c1-4-15-19(23(29)35-5-2)18(13-7-6-8-14(9-13)26(31)32)17(12(3)25-15)21(28)24(30)11-37-20-16(38-27(33)34)10-36-22(20)24/h6-9,16,18,20,22,25,30H,4-5,10-11H2,1-3H3/t16-,18?,20-,22+,24-/m1/s1. The van der Waals surface area contributed by atoms with Gasteiger partial charge in [0.05, 0.1) is 30.3 Å². The van der Waals surface area contributed by atoms with Gasteiger partial charge in [0.1, 0.15) is 12.2 Å². The Balaban J connectivity index is 1.82. The van der Waals surface area contributed by atoms with Gasteiger partial charge in [-0.1, -0.05) is 19.1 Å². The highest BCUT2D eigenvalue weighted by molar-refractivity contribution is 6.08. The molecule has 5 atom stereocenters. The molecule has 204 valence electrons. The summed E-state index contributed by atoms with van der Waals surface area (Å²) < 4.78 is 16.4. The molecule has 2 fully saturated rings. The van der Waals surface area contributed by atoms with E-state index in [4.69, 9.17) is 14.2 Å². The Hall–Kier alpha value is -3.88. The van der Waals surface area contributed by atoms with Gasteiger partial charge in [-0.05, 0) is 25.8 Å². The van der Waals surface area contributed by atoms with Crippen molar-refractivity contribution in [1.29, 1.82) is 0 Å². The number of aliphatic hydroxyl groups is 1. The minimum absolute atomic E-state index is 0.0418. The lowest BCUT2D eigenvalue weighted by atomic mass is 9.74. The molecule has 0 amide bonds. The topological polar surface area (TPSA) is 190 Å². The van der Waals surface area contributed by atoms with Gasteiger partial charge < -0.3 is 29.5 Å². The second-order valence-electron chi connectivity index (χ2n) is 9.07. The summed E-state index contributed by atoms with van der Waals surface area (Å²) in [5.41, 5.74) is -1.47. The predicted molar refractivity (Wildman–Crippen MR) is 127 cm³/mol. The van der Waals surface area contributed by atoms with Gasteiger partial charge in [-0.15, -0.1) is 10.1 Å². The molecular weight excluding hydrogens is 506 g/mol. The Morgan fingerprint density at radius 2 is 1.95 bits per heavy atom. The molecule has 38 heavy (non-hydrogen) atoms. The number of ether oxygens (including phenoxy) is 3. The first-order chi connectivity index (χ1) is 18.0. The van der Waals surface area contributed by atoms with E-state index < -0.39 is 58.2 Å². The van der Waals surface area contributed by atoms with E-state index in [-0.39, 0.29) is 35.6 Å². The zero-order chi connectivity index (χ0) is 27.8. The number of nitro benzene ring substituents is 1. The van der Waals surface area contributed by atoms with Crippen LogP contribution >= 0.6 is 0 Å². The van der Waals surface area contributed by atoms with Gasteiger partial charge in [0.25, 0.3) is 10.8 Å². The third-order valence-electron chi connectivity index (χ3n) is 6.84. The molecule has 1 aromatic rings. The van der Waals surface area contributed by atoms with Gasteiger partial charge in [0.15, 0.2) is 17.5 Å². The van der Waals surface area contributed by atoms with Crippen molar-refractivity contribution in [3.05, 3.63) is 72.6 Å². The lowest BCUT2D eigenvalue weighted by Crippen LogP contribution is -2.53. The molecule has 3 heterocycles. The van der Waals surface area contributed by atoms with Crippen molar-refractivity contribution in [1.82, 2.24) is 5.32 Å². The van der Waals surface area contributed by atoms with Crippen LogP contribution in [0.4, 0.5) is 5.69 Å². The number of hydrogen-bond donors (Lipinski definition) is 2. The first kappa shape index (κ1) is 27.2. The SMILES string of the molecule is CCOC(=O)C1=C(CC)NC(C)=C(C(=O)[C@]2(O)CO[C@@H]3[C@H](O[N+](=O)[O-])CO[C@@H]32)C1c1cccc([N+](=O)[O-])c1. The van der Waals surface area contributed by atoms with E-state index in [1.54, 1.807) is 26.8 Å². The average molecular weight is 533 g/mol. The van der Waals surface area contributed by atoms with E-state index in [2.05, 4.69) is 10.2 Å². The fourth-order valence-corrected chi connectivity index (χ4v) is 5.20. The molecule has 0 radical (unpaired) electrons. The molecule has 0 spiro atoms. The summed E-state index contributed by atoms with van der Waals surface area (Å²) in [5, 5.41) is 36.0. The number of allylic oxidation sites excluding steroid dienone is 2. The molecule has 4 rings (SSSR count). The van der Waals surface area contributed by atoms with Crippen LogP contribution in [0.25, 0.3) is 0 Å². The zero-order valence-corrected chi connectivity index (χ0v) is 20.9. The maximum Gasteiger partial charge on any atom is 0.336 e. The normalized spacial score (nSPS) is 28.5. The molecule has 14 heteroatoms. The Bertz CT molecular complexity index is 1240. The molecular formula is C24H27N3O11. The van der Waals surface area contributed by atoms with Gasteiger partial charge in [0, 0.05) is 35.0 Å². The van der Waals surface area contributed by atoms with Crippen molar-refractivity contribution in [2.45, 2.75) is 57.0 Å². The molecule has 0 aromatic heterocycles. The predicted octanol–water partition coefficient (Wildman–Crippen LogP) is 1.46. The number of nitrogens with zero attached hydrogens (tertiary/aromatic N) is 2. The van der Waals surface area contributed by atoms with Crippen molar-refractivity contribution in [2.24, 2.45) is 0 Å². The minimum atomic E-state index is -2.28. The van der Waals surface area contributed by atoms with Crippen molar-refractivity contribution in [2.75, 3.05) is 19.8 Å². The molecule has 0 saturated carbocycles. The number of Topliss-reactive ketones (excluding diaryl/α,β-unsaturated/α-hetero) is 1. The lowest BCUT2D eigenvalue weighted by molar-refractivity contribution is -0.769. The molecule has 3 aliphatic heterocycles. The van der Waals surface area contributed by atoms with Crippen molar-refractivity contribution in [3.8, 4) is 0 Å². The summed E-state index contributed by atoms with van der Waals surface area (Å²) >= 11 is 0. The van der Waals surface area contributed by atoms with Crippen LogP contribution in [0.15, 0.2) is 46.8 Å². The van der Waals surface area contributed by atoms with Crippen LogP contribution in [0, 0.1) is 20.2 Å². The summed E-state index contributed by atoms with van der Waals surface area (Å²) in [4.78, 5) is 53.7. The minimum Gasteiger partial charge on any atom is -0.463 e. The Kier molecular flexibility index (Phi) is 7.49. The summed E-state index contributed by atoms with van der Waals surface area (Å²) in [6.45, 7) is 4.20. The number of benzene rings is 1. The van der Waals surface area contributed by atoms with Crippen LogP contribution in [0.2, 0.25) is 0 Å². The van der Waals surface area contributed by atoms with Crippen LogP contribution < -0.4 is 5.32 Å². The largest absolute Gasteiger partial charge is 0.463 e. The number of rotatable bonds is 9. The van der Waals surface area contributed by atoms with Crippen LogP contribution in [0.1, 0.15) is 38.7 Å². The van der Waals surface area contributed by atoms with E-state index in [1.807, 2.05) is 0 Å². The second-order valence-corrected chi connectivity index (χ2v) is 9.07. The first-order valence-corrected chi connectivity index (χ1v) is 12.0. The number of non-ortho nitro benzene ring substituents is 1. The van der Waals surface area contributed by atoms with E-state index in [9.17, 15) is 34.9 Å². The number of ketones is 1. The zero-order valence-electron chi connectivity index (χ0n) is 20.9. The van der Waals surface area contributed by atoms with Crippen LogP contribution in [-0.4, -0.2) is 70.6 Å². The molecule has 1 unspecified atom stereocenters. The van der Waals surface area contributed by atoms with Crippen molar-refractivity contribution < 1.29 is 43.8 Å². The Morgan fingerprint density at radius 3 is 2.58 bits per heavy atom. The summed E-state index contributed by atoms with van der Waals surface area (Å²) in [6, 6.07) is 5.52. The number of carbonyl (C=O) groups is 2. The molecule has 0 aliphatic carbocycles. The lowest BCUT2D eigenvalue weighted by Gasteiger charge is -2.35. The van der Waals surface area contributed by atoms with Crippen LogP contribution in [0.3, 0.4) is 0 Å². The van der Waals surface area contributed by atoms with E-state index in [1.165, 1.54) is 18.2 Å². The number of nitrogens with one attached hydrogen (secondary N) is 1. The maximum atomic E-state index is 14.1. The van der Waals surface area contributed by atoms with E-state index in [0.717, 1.165) is 0 Å². The highest BCUT2D eigenvalue weighted by Gasteiger charge is 2.62. The number of nitro groups is 1. The fourth-order valence-electron chi connectivity index (χ4n) is 5.20. The highest BCUT2D eigenvalue weighted by Crippen LogP contribution is 2.45. The number of fused-ring (bicyclic) bond motifs is 1. The summed E-state index contributed by atoms with van der Waals surface area (Å²) in [6.07, 6.45) is -3.17. The fraction of sp³-hybridized carbons (Fsp3) is 0.500. The van der Waals surface area contributed by atoms with E-state index >= 15 is 0 Å². The number of dihydropyridines is 1. The third kappa shape index (κ3) is 4.61. The van der Waals surface area contributed by atoms with Gasteiger partial charge >= 0.3 is 5.97 Å². The molecule has 0 bridgehead atoms. The average Bonchev–Trinajstić information content (AvgIpc) is 3.44. The van der Waals surface area contributed by atoms with Crippen LogP contribution in [0.5, 0.6) is 0 Å². The number of hydrogen-bond acceptors (Lipinski definition) is 12. The van der Waals surface area contributed by atoms with E-state index in [0.29, 0.717) is 17.8 Å². The molecule has 14 nitrogen and oxygen atoms in total. The first-order valence-electron chi connectivity index (χ1n) is 12.0. The van der Waals surface area contributed by atoms with Crippen molar-refractivity contribution >= 4 is 17.4 Å².